The van der Waals surface area contributed by atoms with Gasteiger partial charge in [0.15, 0.2) is 0 Å². The van der Waals surface area contributed by atoms with E-state index in [-0.39, 0.29) is 11.2 Å². The summed E-state index contributed by atoms with van der Waals surface area (Å²) < 4.78 is 6.72. The van der Waals surface area contributed by atoms with E-state index in [9.17, 15) is 4.79 Å². The van der Waals surface area contributed by atoms with Crippen molar-refractivity contribution in [1.29, 1.82) is 0 Å². The number of thioether (sulfide) groups is 1. The zero-order chi connectivity index (χ0) is 15.4. The van der Waals surface area contributed by atoms with E-state index in [4.69, 9.17) is 4.74 Å². The number of carbonyl (C=O) groups is 1. The Morgan fingerprint density at radius 2 is 2.00 bits per heavy atom. The van der Waals surface area contributed by atoms with Gasteiger partial charge in [-0.05, 0) is 41.6 Å². The van der Waals surface area contributed by atoms with Crippen molar-refractivity contribution < 1.29 is 9.53 Å². The Morgan fingerprint density at radius 1 is 1.33 bits per heavy atom. The first-order valence-corrected chi connectivity index (χ1v) is 7.21. The molecule has 7 nitrogen and oxygen atoms in total. The van der Waals surface area contributed by atoms with Crippen molar-refractivity contribution in [1.82, 2.24) is 25.1 Å². The lowest BCUT2D eigenvalue weighted by Gasteiger charge is -2.15. The second kappa shape index (κ2) is 6.57. The molecule has 1 aromatic heterocycles. The summed E-state index contributed by atoms with van der Waals surface area (Å²) in [5, 5.41) is 11.9. The molecule has 0 aliphatic carbocycles. The zero-order valence-electron chi connectivity index (χ0n) is 12.3. The van der Waals surface area contributed by atoms with Crippen LogP contribution in [0.15, 0.2) is 29.4 Å². The number of hydrogen-bond donors (Lipinski definition) is 0. The van der Waals surface area contributed by atoms with Gasteiger partial charge in [0.2, 0.25) is 11.1 Å². The molecule has 0 fully saturated rings. The summed E-state index contributed by atoms with van der Waals surface area (Å²) in [5.41, 5.74) is 0.813. The van der Waals surface area contributed by atoms with E-state index in [2.05, 4.69) is 15.5 Å². The average molecular weight is 307 g/mol. The van der Waals surface area contributed by atoms with Crippen molar-refractivity contribution in [2.45, 2.75) is 17.3 Å². The van der Waals surface area contributed by atoms with E-state index in [1.807, 2.05) is 31.2 Å². The highest BCUT2D eigenvalue weighted by atomic mass is 32.2. The quantitative estimate of drug-likeness (QED) is 0.774. The van der Waals surface area contributed by atoms with Gasteiger partial charge in [-0.1, -0.05) is 11.8 Å². The molecule has 1 atom stereocenters. The first kappa shape index (κ1) is 15.3. The molecule has 2 rings (SSSR count). The SMILES string of the molecule is COc1ccc(-n2nnnc2S[C@@H](C)C(=O)N(C)C)cc1. The van der Waals surface area contributed by atoms with Crippen molar-refractivity contribution >= 4 is 17.7 Å². The van der Waals surface area contributed by atoms with E-state index in [1.54, 1.807) is 30.8 Å². The van der Waals surface area contributed by atoms with Crippen molar-refractivity contribution in [3.8, 4) is 11.4 Å². The van der Waals surface area contributed by atoms with Crippen LogP contribution < -0.4 is 4.74 Å². The highest BCUT2D eigenvalue weighted by Gasteiger charge is 2.20. The summed E-state index contributed by atoms with van der Waals surface area (Å²) in [5.74, 6) is 0.779. The summed E-state index contributed by atoms with van der Waals surface area (Å²) in [4.78, 5) is 13.5. The Balaban J connectivity index is 2.20. The molecule has 0 unspecified atom stereocenters. The lowest BCUT2D eigenvalue weighted by molar-refractivity contribution is -0.127. The van der Waals surface area contributed by atoms with Crippen LogP contribution in [0, 0.1) is 0 Å². The van der Waals surface area contributed by atoms with Crippen LogP contribution >= 0.6 is 11.8 Å². The zero-order valence-corrected chi connectivity index (χ0v) is 13.2. The molecule has 0 saturated carbocycles. The Labute approximate surface area is 127 Å². The summed E-state index contributed by atoms with van der Waals surface area (Å²) in [7, 11) is 5.07. The van der Waals surface area contributed by atoms with Gasteiger partial charge in [-0.25, -0.2) is 0 Å². The lowest BCUT2D eigenvalue weighted by atomic mass is 10.3. The smallest absolute Gasteiger partial charge is 0.235 e. The second-order valence-corrected chi connectivity index (χ2v) is 5.87. The first-order valence-electron chi connectivity index (χ1n) is 6.33. The van der Waals surface area contributed by atoms with Gasteiger partial charge in [-0.15, -0.1) is 5.10 Å². The number of benzene rings is 1. The van der Waals surface area contributed by atoms with E-state index in [1.165, 1.54) is 11.8 Å². The van der Waals surface area contributed by atoms with E-state index in [0.717, 1.165) is 11.4 Å². The van der Waals surface area contributed by atoms with Gasteiger partial charge in [0.1, 0.15) is 5.75 Å². The molecule has 112 valence electrons. The van der Waals surface area contributed by atoms with Crippen LogP contribution in [-0.2, 0) is 4.79 Å². The monoisotopic (exact) mass is 307 g/mol. The maximum absolute atomic E-state index is 11.9. The molecular formula is C13H17N5O2S. The number of ether oxygens (including phenoxy) is 1. The fourth-order valence-corrected chi connectivity index (χ4v) is 2.66. The molecule has 0 aliphatic heterocycles. The first-order chi connectivity index (χ1) is 10.0. The Kier molecular flexibility index (Phi) is 4.79. The second-order valence-electron chi connectivity index (χ2n) is 4.56. The Bertz CT molecular complexity index is 611. The molecule has 21 heavy (non-hydrogen) atoms. The molecule has 1 amide bonds. The third-order valence-electron chi connectivity index (χ3n) is 2.83. The summed E-state index contributed by atoms with van der Waals surface area (Å²) >= 11 is 1.32. The molecule has 1 heterocycles. The number of hydrogen-bond acceptors (Lipinski definition) is 6. The number of amides is 1. The predicted octanol–water partition coefficient (Wildman–Crippen LogP) is 1.24. The minimum absolute atomic E-state index is 0.0179. The number of aromatic nitrogens is 4. The molecule has 0 bridgehead atoms. The highest BCUT2D eigenvalue weighted by Crippen LogP contribution is 2.24. The molecule has 1 aromatic carbocycles. The third-order valence-corrected chi connectivity index (χ3v) is 3.85. The van der Waals surface area contributed by atoms with Crippen LogP contribution in [-0.4, -0.2) is 57.5 Å². The number of rotatable bonds is 5. The van der Waals surface area contributed by atoms with E-state index < -0.39 is 0 Å². The van der Waals surface area contributed by atoms with E-state index >= 15 is 0 Å². The predicted molar refractivity (Wildman–Crippen MR) is 79.7 cm³/mol. The number of carbonyl (C=O) groups excluding carboxylic acids is 1. The molecule has 0 spiro atoms. The summed E-state index contributed by atoms with van der Waals surface area (Å²) in [6, 6.07) is 7.38. The van der Waals surface area contributed by atoms with Gasteiger partial charge in [0, 0.05) is 14.1 Å². The Morgan fingerprint density at radius 3 is 2.57 bits per heavy atom. The van der Waals surface area contributed by atoms with Crippen LogP contribution in [0.5, 0.6) is 5.75 Å². The third kappa shape index (κ3) is 3.52. The highest BCUT2D eigenvalue weighted by molar-refractivity contribution is 8.00. The van der Waals surface area contributed by atoms with Crippen molar-refractivity contribution in [2.75, 3.05) is 21.2 Å². The van der Waals surface area contributed by atoms with Crippen LogP contribution in [0.25, 0.3) is 5.69 Å². The molecule has 0 radical (unpaired) electrons. The maximum Gasteiger partial charge on any atom is 0.235 e. The van der Waals surface area contributed by atoms with Gasteiger partial charge in [0.25, 0.3) is 0 Å². The normalized spacial score (nSPS) is 12.0. The van der Waals surface area contributed by atoms with Crippen LogP contribution in [0.3, 0.4) is 0 Å². The molecule has 2 aromatic rings. The largest absolute Gasteiger partial charge is 0.497 e. The molecule has 8 heteroatoms. The van der Waals surface area contributed by atoms with Crippen LogP contribution in [0.4, 0.5) is 0 Å². The number of tetrazole rings is 1. The molecule has 0 saturated heterocycles. The topological polar surface area (TPSA) is 73.1 Å². The minimum Gasteiger partial charge on any atom is -0.497 e. The molecule has 0 N–H and O–H groups in total. The molecule has 0 aliphatic rings. The summed E-state index contributed by atoms with van der Waals surface area (Å²) in [6.07, 6.45) is 0. The van der Waals surface area contributed by atoms with Crippen LogP contribution in [0.2, 0.25) is 0 Å². The van der Waals surface area contributed by atoms with Crippen molar-refractivity contribution in [3.05, 3.63) is 24.3 Å². The minimum atomic E-state index is -0.261. The maximum atomic E-state index is 11.9. The van der Waals surface area contributed by atoms with Crippen molar-refractivity contribution in [2.24, 2.45) is 0 Å². The van der Waals surface area contributed by atoms with Gasteiger partial charge < -0.3 is 9.64 Å². The standard InChI is InChI=1S/C13H17N5O2S/c1-9(12(19)17(2)3)21-13-14-15-16-18(13)10-5-7-11(20-4)8-6-10/h5-9H,1-4H3/t9-/m0/s1. The summed E-state index contributed by atoms with van der Waals surface area (Å²) in [6.45, 7) is 1.83. The fraction of sp³-hybridized carbons (Fsp3) is 0.385. The van der Waals surface area contributed by atoms with Gasteiger partial charge in [-0.2, -0.15) is 4.68 Å². The average Bonchev–Trinajstić information content (AvgIpc) is 2.94. The number of nitrogens with zero attached hydrogens (tertiary/aromatic N) is 5. The lowest BCUT2D eigenvalue weighted by Crippen LogP contribution is -2.29. The number of methoxy groups -OCH3 is 1. The Hall–Kier alpha value is -2.09. The fourth-order valence-electron chi connectivity index (χ4n) is 1.71. The van der Waals surface area contributed by atoms with Gasteiger partial charge in [-0.3, -0.25) is 4.79 Å². The van der Waals surface area contributed by atoms with Crippen molar-refractivity contribution in [3.63, 3.8) is 0 Å². The van der Waals surface area contributed by atoms with Crippen LogP contribution in [0.1, 0.15) is 6.92 Å². The molecular weight excluding hydrogens is 290 g/mol. The van der Waals surface area contributed by atoms with Gasteiger partial charge in [0.05, 0.1) is 18.0 Å². The van der Waals surface area contributed by atoms with E-state index in [0.29, 0.717) is 5.16 Å². The van der Waals surface area contributed by atoms with Gasteiger partial charge >= 0.3 is 0 Å².